The number of hydrogen-bond acceptors (Lipinski definition) is 5. The average molecular weight is 628 g/mol. The van der Waals surface area contributed by atoms with E-state index < -0.39 is 17.7 Å². The van der Waals surface area contributed by atoms with Crippen molar-refractivity contribution < 1.29 is 19.4 Å². The van der Waals surface area contributed by atoms with Crippen LogP contribution >= 0.6 is 0 Å². The molecule has 0 bridgehead atoms. The van der Waals surface area contributed by atoms with Crippen molar-refractivity contribution in [2.24, 2.45) is 7.05 Å². The molecule has 0 spiro atoms. The van der Waals surface area contributed by atoms with Crippen molar-refractivity contribution in [3.63, 3.8) is 0 Å². The second kappa shape index (κ2) is 10.9. The van der Waals surface area contributed by atoms with Gasteiger partial charge in [0, 0.05) is 53.4 Å². The summed E-state index contributed by atoms with van der Waals surface area (Å²) in [5.41, 5.74) is 9.38. The summed E-state index contributed by atoms with van der Waals surface area (Å²) in [5.74, 6) is -1.18. The topological polar surface area (TPSA) is 102 Å². The largest absolute Gasteiger partial charge is 0.479 e. The third-order valence-electron chi connectivity index (χ3n) is 9.02. The van der Waals surface area contributed by atoms with Crippen LogP contribution in [0.15, 0.2) is 73.1 Å². The van der Waals surface area contributed by atoms with Crippen LogP contribution in [-0.4, -0.2) is 49.0 Å². The molecule has 4 heterocycles. The molecule has 7 rings (SSSR count). The summed E-state index contributed by atoms with van der Waals surface area (Å²) in [4.78, 5) is 33.0. The van der Waals surface area contributed by atoms with Crippen LogP contribution in [0.25, 0.3) is 55.4 Å². The number of likely N-dealkylation sites (N-methyl/N-ethyl adjacent to an activating group) is 1. The van der Waals surface area contributed by atoms with Crippen LogP contribution in [0.2, 0.25) is 0 Å². The van der Waals surface area contributed by atoms with E-state index in [2.05, 4.69) is 21.8 Å². The predicted molar refractivity (Wildman–Crippen MR) is 184 cm³/mol. The monoisotopic (exact) mass is 627 g/mol. The minimum absolute atomic E-state index is 0.0895. The van der Waals surface area contributed by atoms with Gasteiger partial charge >= 0.3 is 5.97 Å². The molecule has 1 atom stereocenters. The van der Waals surface area contributed by atoms with Gasteiger partial charge in [-0.2, -0.15) is 5.10 Å². The quantitative estimate of drug-likeness (QED) is 0.206. The van der Waals surface area contributed by atoms with Gasteiger partial charge in [-0.3, -0.25) is 14.5 Å². The number of aliphatic carboxylic acids is 1. The number of amides is 1. The van der Waals surface area contributed by atoms with Gasteiger partial charge in [-0.1, -0.05) is 35.9 Å². The Balaban J connectivity index is 1.53. The standard InChI is InChI=1S/C38H37N5O4/c1-21-8-10-23(11-9-21)33-27-18-30(25-14-15-39-28(17-25)24-12-13-29-26(16-24)19-40-42(29)7)43-20-31(44)41(6)34(35(27)43)22(2)32(33)36(37(45)46)47-38(3,4)5/h8-19,36H,20H2,1-7H3,(H,45,46)/t36-/m0/s1. The van der Waals surface area contributed by atoms with E-state index in [0.717, 1.165) is 61.0 Å². The molecule has 0 saturated carbocycles. The van der Waals surface area contributed by atoms with Gasteiger partial charge in [-0.15, -0.1) is 0 Å². The molecule has 9 nitrogen and oxygen atoms in total. The number of pyridine rings is 1. The van der Waals surface area contributed by atoms with Crippen LogP contribution in [0.4, 0.5) is 5.69 Å². The maximum atomic E-state index is 13.6. The van der Waals surface area contributed by atoms with Gasteiger partial charge in [0.1, 0.15) is 6.54 Å². The molecule has 0 saturated heterocycles. The van der Waals surface area contributed by atoms with Gasteiger partial charge in [-0.25, -0.2) is 4.79 Å². The first kappa shape index (κ1) is 30.4. The van der Waals surface area contributed by atoms with Crippen LogP contribution in [0, 0.1) is 13.8 Å². The molecule has 47 heavy (non-hydrogen) atoms. The SMILES string of the molecule is Cc1ccc(-c2c([C@H](OC(C)(C)C)C(=O)O)c(C)c3c4c2cc(-c2ccnc(-c5ccc6c(cnn6C)c5)c2)n4CC(=O)N3C)cc1. The number of carbonyl (C=O) groups is 2. The number of aromatic nitrogens is 4. The lowest BCUT2D eigenvalue weighted by atomic mass is 9.87. The van der Waals surface area contributed by atoms with Crippen molar-refractivity contribution in [2.45, 2.75) is 52.9 Å². The van der Waals surface area contributed by atoms with E-state index in [9.17, 15) is 14.7 Å². The minimum atomic E-state index is -1.26. The van der Waals surface area contributed by atoms with Crippen LogP contribution in [-0.2, 0) is 27.9 Å². The molecular formula is C38H37N5O4. The Hall–Kier alpha value is -5.28. The second-order valence-corrected chi connectivity index (χ2v) is 13.4. The lowest BCUT2D eigenvalue weighted by molar-refractivity contribution is -0.160. The Morgan fingerprint density at radius 1 is 0.957 bits per heavy atom. The highest BCUT2D eigenvalue weighted by Crippen LogP contribution is 2.49. The van der Waals surface area contributed by atoms with E-state index in [1.165, 1.54) is 0 Å². The molecule has 0 radical (unpaired) electrons. The molecular weight excluding hydrogens is 590 g/mol. The van der Waals surface area contributed by atoms with E-state index >= 15 is 0 Å². The average Bonchev–Trinajstić information content (AvgIpc) is 3.59. The number of ether oxygens (including phenoxy) is 1. The summed E-state index contributed by atoms with van der Waals surface area (Å²) in [6.45, 7) is 9.62. The molecule has 1 amide bonds. The second-order valence-electron chi connectivity index (χ2n) is 13.4. The fraction of sp³-hybridized carbons (Fsp3) is 0.263. The molecule has 6 aromatic rings. The zero-order valence-corrected chi connectivity index (χ0v) is 27.6. The highest BCUT2D eigenvalue weighted by Gasteiger charge is 2.37. The number of hydrogen-bond donors (Lipinski definition) is 1. The predicted octanol–water partition coefficient (Wildman–Crippen LogP) is 7.46. The summed E-state index contributed by atoms with van der Waals surface area (Å²) in [6, 6.07) is 20.4. The molecule has 0 aliphatic carbocycles. The van der Waals surface area contributed by atoms with Gasteiger partial charge in [0.05, 0.1) is 34.2 Å². The summed E-state index contributed by atoms with van der Waals surface area (Å²) in [5, 5.41) is 16.9. The third kappa shape index (κ3) is 5.07. The zero-order valence-electron chi connectivity index (χ0n) is 27.6. The van der Waals surface area contributed by atoms with Gasteiger partial charge in [0.2, 0.25) is 5.91 Å². The van der Waals surface area contributed by atoms with Crippen molar-refractivity contribution in [1.29, 1.82) is 0 Å². The first-order valence-electron chi connectivity index (χ1n) is 15.6. The van der Waals surface area contributed by atoms with E-state index in [4.69, 9.17) is 9.72 Å². The minimum Gasteiger partial charge on any atom is -0.479 e. The highest BCUT2D eigenvalue weighted by molar-refractivity contribution is 6.14. The molecule has 3 aromatic heterocycles. The fourth-order valence-corrected chi connectivity index (χ4v) is 6.83. The first-order chi connectivity index (χ1) is 22.3. The van der Waals surface area contributed by atoms with Crippen LogP contribution < -0.4 is 4.90 Å². The smallest absolute Gasteiger partial charge is 0.337 e. The fourth-order valence-electron chi connectivity index (χ4n) is 6.83. The van der Waals surface area contributed by atoms with Gasteiger partial charge in [0.15, 0.2) is 6.10 Å². The van der Waals surface area contributed by atoms with Gasteiger partial charge in [-0.05, 0) is 81.6 Å². The number of nitrogens with zero attached hydrogens (tertiary/aromatic N) is 5. The van der Waals surface area contributed by atoms with Gasteiger partial charge < -0.3 is 19.3 Å². The Bertz CT molecular complexity index is 2240. The zero-order chi connectivity index (χ0) is 33.4. The third-order valence-corrected chi connectivity index (χ3v) is 9.02. The van der Waals surface area contributed by atoms with Crippen LogP contribution in [0.3, 0.4) is 0 Å². The van der Waals surface area contributed by atoms with Crippen molar-refractivity contribution >= 4 is 39.4 Å². The Morgan fingerprint density at radius 3 is 2.38 bits per heavy atom. The number of rotatable bonds is 6. The van der Waals surface area contributed by atoms with E-state index in [-0.39, 0.29) is 12.5 Å². The summed E-state index contributed by atoms with van der Waals surface area (Å²) >= 11 is 0. The maximum Gasteiger partial charge on any atom is 0.337 e. The number of anilines is 1. The molecule has 3 aromatic carbocycles. The Labute approximate surface area is 273 Å². The van der Waals surface area contributed by atoms with E-state index in [1.54, 1.807) is 18.1 Å². The lowest BCUT2D eigenvalue weighted by Crippen LogP contribution is -2.35. The molecule has 238 valence electrons. The molecule has 1 aliphatic heterocycles. The summed E-state index contributed by atoms with van der Waals surface area (Å²) in [6.07, 6.45) is 2.37. The normalized spacial score (nSPS) is 13.9. The number of aryl methyl sites for hydroxylation is 2. The van der Waals surface area contributed by atoms with Crippen LogP contribution in [0.1, 0.15) is 43.6 Å². The van der Waals surface area contributed by atoms with Crippen LogP contribution in [0.5, 0.6) is 0 Å². The maximum absolute atomic E-state index is 13.6. The van der Waals surface area contributed by atoms with Crippen molar-refractivity contribution in [3.05, 3.63) is 89.7 Å². The Kier molecular flexibility index (Phi) is 7.05. The number of carbonyl (C=O) groups excluding carboxylic acids is 1. The van der Waals surface area contributed by atoms with E-state index in [1.807, 2.05) is 101 Å². The highest BCUT2D eigenvalue weighted by atomic mass is 16.5. The number of carboxylic acids is 1. The molecule has 9 heteroatoms. The number of benzene rings is 3. The molecule has 0 fully saturated rings. The molecule has 1 aliphatic rings. The van der Waals surface area contributed by atoms with Gasteiger partial charge in [0.25, 0.3) is 0 Å². The van der Waals surface area contributed by atoms with Crippen molar-refractivity contribution in [2.75, 3.05) is 11.9 Å². The Morgan fingerprint density at radius 2 is 1.68 bits per heavy atom. The van der Waals surface area contributed by atoms with Crippen molar-refractivity contribution in [3.8, 4) is 33.6 Å². The summed E-state index contributed by atoms with van der Waals surface area (Å²) < 4.78 is 10.2. The molecule has 1 N–H and O–H groups in total. The molecule has 0 unspecified atom stereocenters. The summed E-state index contributed by atoms with van der Waals surface area (Å²) in [7, 11) is 3.68. The van der Waals surface area contributed by atoms with Crippen molar-refractivity contribution in [1.82, 2.24) is 19.3 Å². The first-order valence-corrected chi connectivity index (χ1v) is 15.6. The number of fused-ring (bicyclic) bond motifs is 1. The lowest BCUT2D eigenvalue weighted by Gasteiger charge is -2.33. The number of carboxylic acid groups (broad SMARTS) is 1. The van der Waals surface area contributed by atoms with E-state index in [0.29, 0.717) is 16.8 Å².